The number of rotatable bonds is 8. The summed E-state index contributed by atoms with van der Waals surface area (Å²) in [6.07, 6.45) is 1.84. The quantitative estimate of drug-likeness (QED) is 0.0834. The Hall–Kier alpha value is -4.21. The van der Waals surface area contributed by atoms with Gasteiger partial charge >= 0.3 is 11.9 Å². The van der Waals surface area contributed by atoms with Crippen LogP contribution in [0.25, 0.3) is 16.0 Å². The van der Waals surface area contributed by atoms with Crippen LogP contribution >= 0.6 is 22.9 Å². The van der Waals surface area contributed by atoms with E-state index in [0.29, 0.717) is 39.6 Å². The van der Waals surface area contributed by atoms with Crippen molar-refractivity contribution in [2.24, 2.45) is 0 Å². The second kappa shape index (κ2) is 11.5. The Morgan fingerprint density at radius 3 is 2.58 bits per heavy atom. The maximum atomic E-state index is 13.5. The molecule has 1 amide bonds. The Morgan fingerprint density at radius 2 is 1.85 bits per heavy atom. The van der Waals surface area contributed by atoms with Crippen LogP contribution < -0.4 is 9.64 Å². The number of benzene rings is 3. The molecule has 0 spiro atoms. The van der Waals surface area contributed by atoms with Gasteiger partial charge in [-0.25, -0.2) is 9.78 Å². The number of hydrogen-bond acceptors (Lipinski definition) is 8. The molecule has 40 heavy (non-hydrogen) atoms. The first-order valence-electron chi connectivity index (χ1n) is 12.6. The summed E-state index contributed by atoms with van der Waals surface area (Å²) in [6, 6.07) is 17.2. The van der Waals surface area contributed by atoms with Crippen molar-refractivity contribution in [3.8, 4) is 5.75 Å². The Labute approximate surface area is 239 Å². The van der Waals surface area contributed by atoms with Crippen molar-refractivity contribution >= 4 is 61.7 Å². The number of aliphatic hydroxyl groups excluding tert-OH is 1. The molecule has 0 radical (unpaired) electrons. The number of thiazole rings is 1. The predicted molar refractivity (Wildman–Crippen MR) is 154 cm³/mol. The minimum atomic E-state index is -1.01. The summed E-state index contributed by atoms with van der Waals surface area (Å²) >= 11 is 7.36. The van der Waals surface area contributed by atoms with Crippen molar-refractivity contribution in [3.05, 3.63) is 94.0 Å². The van der Waals surface area contributed by atoms with Gasteiger partial charge in [0.25, 0.3) is 5.78 Å². The van der Waals surface area contributed by atoms with Crippen molar-refractivity contribution < 1.29 is 29.0 Å². The number of amides is 1. The van der Waals surface area contributed by atoms with Crippen molar-refractivity contribution in [1.82, 2.24) is 4.98 Å². The summed E-state index contributed by atoms with van der Waals surface area (Å²) in [5.74, 6) is -2.01. The maximum Gasteiger partial charge on any atom is 0.337 e. The highest BCUT2D eigenvalue weighted by Gasteiger charge is 2.48. The van der Waals surface area contributed by atoms with E-state index in [9.17, 15) is 19.5 Å². The number of nitrogens with zero attached hydrogens (tertiary/aromatic N) is 2. The molecule has 8 nitrogen and oxygen atoms in total. The number of ether oxygens (including phenoxy) is 2. The predicted octanol–water partition coefficient (Wildman–Crippen LogP) is 6.54. The first-order chi connectivity index (χ1) is 19.3. The van der Waals surface area contributed by atoms with Gasteiger partial charge < -0.3 is 14.6 Å². The van der Waals surface area contributed by atoms with E-state index < -0.39 is 23.7 Å². The van der Waals surface area contributed by atoms with Gasteiger partial charge in [0.2, 0.25) is 0 Å². The van der Waals surface area contributed by atoms with Crippen LogP contribution in [0.4, 0.5) is 5.13 Å². The fraction of sp³-hybridized carbons (Fsp3) is 0.200. The number of methoxy groups -OCH3 is 1. The summed E-state index contributed by atoms with van der Waals surface area (Å²) in [4.78, 5) is 44.9. The van der Waals surface area contributed by atoms with Crippen molar-refractivity contribution in [2.45, 2.75) is 25.8 Å². The standard InChI is InChI=1S/C30H25ClN2O6S/c1-3-4-14-39-21-7-5-6-19(15-21)26(34)24-25(17-8-10-18(11-9-17)29(37)38-2)33(28(36)27(24)35)30-32-22-13-12-20(31)16-23(22)40-30/h5-13,15-16,25,34H,3-4,14H2,1-2H3. The van der Waals surface area contributed by atoms with Crippen LogP contribution in [0.5, 0.6) is 5.75 Å². The zero-order valence-corrected chi connectivity index (χ0v) is 23.3. The van der Waals surface area contributed by atoms with Crippen LogP contribution in [0, 0.1) is 0 Å². The van der Waals surface area contributed by atoms with Gasteiger partial charge in [-0.1, -0.05) is 60.5 Å². The Morgan fingerprint density at radius 1 is 1.07 bits per heavy atom. The molecule has 204 valence electrons. The average molecular weight is 577 g/mol. The van der Waals surface area contributed by atoms with Gasteiger partial charge in [-0.15, -0.1) is 0 Å². The average Bonchev–Trinajstić information content (AvgIpc) is 3.50. The van der Waals surface area contributed by atoms with Crippen LogP contribution in [0.3, 0.4) is 0 Å². The molecule has 10 heteroatoms. The molecular formula is C30H25ClN2O6S. The third kappa shape index (κ3) is 5.17. The minimum absolute atomic E-state index is 0.0983. The number of aliphatic hydroxyl groups is 1. The van der Waals surface area contributed by atoms with Crippen molar-refractivity contribution in [3.63, 3.8) is 0 Å². The summed E-state index contributed by atoms with van der Waals surface area (Å²) in [7, 11) is 1.28. The molecule has 5 rings (SSSR count). The van der Waals surface area contributed by atoms with E-state index >= 15 is 0 Å². The largest absolute Gasteiger partial charge is 0.507 e. The summed E-state index contributed by atoms with van der Waals surface area (Å²) < 4.78 is 11.3. The highest BCUT2D eigenvalue weighted by Crippen LogP contribution is 2.44. The van der Waals surface area contributed by atoms with E-state index in [2.05, 4.69) is 11.9 Å². The number of esters is 1. The lowest BCUT2D eigenvalue weighted by molar-refractivity contribution is -0.132. The molecule has 1 aliphatic rings. The van der Waals surface area contributed by atoms with Crippen LogP contribution in [0.15, 0.2) is 72.3 Å². The number of anilines is 1. The van der Waals surface area contributed by atoms with Crippen LogP contribution in [-0.2, 0) is 14.3 Å². The van der Waals surface area contributed by atoms with Gasteiger partial charge in [-0.05, 0) is 54.4 Å². The van der Waals surface area contributed by atoms with Gasteiger partial charge in [-0.3, -0.25) is 14.5 Å². The third-order valence-corrected chi connectivity index (χ3v) is 7.76. The highest BCUT2D eigenvalue weighted by atomic mass is 35.5. The van der Waals surface area contributed by atoms with Crippen molar-refractivity contribution in [2.75, 3.05) is 18.6 Å². The SMILES string of the molecule is CCCCOc1cccc(C(O)=C2C(=O)C(=O)N(c3nc4ccc(Cl)cc4s3)C2c2ccc(C(=O)OC)cc2)c1. The lowest BCUT2D eigenvalue weighted by Crippen LogP contribution is -2.29. The van der Waals surface area contributed by atoms with Gasteiger partial charge in [0.05, 0.1) is 41.1 Å². The molecule has 4 aromatic rings. The maximum absolute atomic E-state index is 13.5. The lowest BCUT2D eigenvalue weighted by Gasteiger charge is -2.23. The molecule has 1 N–H and O–H groups in total. The number of hydrogen-bond donors (Lipinski definition) is 1. The molecule has 1 unspecified atom stereocenters. The molecule has 0 aliphatic carbocycles. The number of aromatic nitrogens is 1. The zero-order chi connectivity index (χ0) is 28.4. The molecule has 1 atom stereocenters. The summed E-state index contributed by atoms with van der Waals surface area (Å²) in [5.41, 5.74) is 1.65. The number of carbonyl (C=O) groups is 3. The third-order valence-electron chi connectivity index (χ3n) is 6.51. The summed E-state index contributed by atoms with van der Waals surface area (Å²) in [5, 5.41) is 12.3. The highest BCUT2D eigenvalue weighted by molar-refractivity contribution is 7.22. The van der Waals surface area contributed by atoms with E-state index in [0.717, 1.165) is 17.5 Å². The van der Waals surface area contributed by atoms with Gasteiger partial charge in [0.15, 0.2) is 5.13 Å². The molecule has 0 bridgehead atoms. The Balaban J connectivity index is 1.65. The number of fused-ring (bicyclic) bond motifs is 1. The number of ketones is 1. The monoisotopic (exact) mass is 576 g/mol. The summed E-state index contributed by atoms with van der Waals surface area (Å²) in [6.45, 7) is 2.57. The van der Waals surface area contributed by atoms with E-state index in [1.165, 1.54) is 23.3 Å². The molecule has 1 aliphatic heterocycles. The molecule has 2 heterocycles. The smallest absolute Gasteiger partial charge is 0.337 e. The topological polar surface area (TPSA) is 106 Å². The van der Waals surface area contributed by atoms with E-state index in [1.54, 1.807) is 66.7 Å². The molecule has 1 fully saturated rings. The minimum Gasteiger partial charge on any atom is -0.507 e. The van der Waals surface area contributed by atoms with Gasteiger partial charge in [0, 0.05) is 10.6 Å². The van der Waals surface area contributed by atoms with Crippen LogP contribution in [0.1, 0.15) is 47.3 Å². The molecule has 0 saturated carbocycles. The van der Waals surface area contributed by atoms with Gasteiger partial charge in [0.1, 0.15) is 11.5 Å². The molecular weight excluding hydrogens is 552 g/mol. The zero-order valence-electron chi connectivity index (χ0n) is 21.7. The number of carbonyl (C=O) groups excluding carboxylic acids is 3. The fourth-order valence-corrected chi connectivity index (χ4v) is 5.75. The lowest BCUT2D eigenvalue weighted by atomic mass is 9.94. The Kier molecular flexibility index (Phi) is 7.86. The number of unbranched alkanes of at least 4 members (excludes halogenated alkanes) is 1. The first kappa shape index (κ1) is 27.4. The van der Waals surface area contributed by atoms with Gasteiger partial charge in [-0.2, -0.15) is 0 Å². The van der Waals surface area contributed by atoms with Crippen LogP contribution in [-0.4, -0.2) is 41.5 Å². The molecule has 1 saturated heterocycles. The fourth-order valence-electron chi connectivity index (χ4n) is 4.48. The van der Waals surface area contributed by atoms with E-state index in [-0.39, 0.29) is 16.5 Å². The first-order valence-corrected chi connectivity index (χ1v) is 13.8. The second-order valence-corrected chi connectivity index (χ2v) is 10.6. The van der Waals surface area contributed by atoms with Crippen LogP contribution in [0.2, 0.25) is 5.02 Å². The molecule has 3 aromatic carbocycles. The second-order valence-electron chi connectivity index (χ2n) is 9.12. The van der Waals surface area contributed by atoms with E-state index in [4.69, 9.17) is 21.1 Å². The Bertz CT molecular complexity index is 1650. The van der Waals surface area contributed by atoms with Crippen molar-refractivity contribution in [1.29, 1.82) is 0 Å². The number of halogens is 1. The molecule has 1 aromatic heterocycles. The van der Waals surface area contributed by atoms with E-state index in [1.807, 2.05) is 0 Å². The normalized spacial score (nSPS) is 16.5. The number of Topliss-reactive ketones (excluding diaryl/α,β-unsaturated/α-hetero) is 1.